The van der Waals surface area contributed by atoms with Crippen LogP contribution in [0.1, 0.15) is 76.8 Å². The van der Waals surface area contributed by atoms with E-state index in [9.17, 15) is 19.5 Å². The van der Waals surface area contributed by atoms with Crippen LogP contribution in [0.4, 0.5) is 0 Å². The number of carbonyl (C=O) groups is 1. The number of amides is 1. The second kappa shape index (κ2) is 7.35. The number of nitrogens with zero attached hydrogens (tertiary/aromatic N) is 2. The molecule has 29 heavy (non-hydrogen) atoms. The number of aromatic nitrogens is 2. The van der Waals surface area contributed by atoms with E-state index in [0.29, 0.717) is 19.3 Å². The van der Waals surface area contributed by atoms with Crippen molar-refractivity contribution in [3.05, 3.63) is 26.4 Å². The highest BCUT2D eigenvalue weighted by Gasteiger charge is 2.55. The number of unbranched alkanes of at least 4 members (excludes halogenated alkanes) is 1. The van der Waals surface area contributed by atoms with Crippen molar-refractivity contribution in [1.82, 2.24) is 9.13 Å². The average molecular weight is 405 g/mol. The Balaban J connectivity index is 1.91. The van der Waals surface area contributed by atoms with Gasteiger partial charge in [0.25, 0.3) is 5.56 Å². The quantitative estimate of drug-likeness (QED) is 0.413. The average Bonchev–Trinajstić information content (AvgIpc) is 2.61. The monoisotopic (exact) mass is 405 g/mol. The summed E-state index contributed by atoms with van der Waals surface area (Å²) >= 11 is 0. The van der Waals surface area contributed by atoms with Crippen LogP contribution in [0.3, 0.4) is 0 Å². The van der Waals surface area contributed by atoms with Gasteiger partial charge in [0.2, 0.25) is 11.8 Å². The molecule has 1 amide bonds. The van der Waals surface area contributed by atoms with Crippen LogP contribution < -0.4 is 22.7 Å². The van der Waals surface area contributed by atoms with Crippen LogP contribution in [-0.2, 0) is 11.3 Å². The molecule has 1 heterocycles. The number of carbonyl (C=O) groups excluding carboxylic acids is 1. The Morgan fingerprint density at radius 3 is 2.31 bits per heavy atom. The Kier molecular flexibility index (Phi) is 5.36. The van der Waals surface area contributed by atoms with Gasteiger partial charge in [0.05, 0.1) is 0 Å². The predicted octanol–water partition coefficient (Wildman–Crippen LogP) is 1.19. The molecule has 0 saturated heterocycles. The van der Waals surface area contributed by atoms with E-state index in [1.165, 1.54) is 4.57 Å². The molecule has 0 unspecified atom stereocenters. The van der Waals surface area contributed by atoms with Crippen molar-refractivity contribution < 1.29 is 9.90 Å². The molecule has 2 saturated carbocycles. The molecule has 2 aliphatic rings. The van der Waals surface area contributed by atoms with E-state index in [2.05, 4.69) is 0 Å². The summed E-state index contributed by atoms with van der Waals surface area (Å²) in [6.07, 6.45) is 5.81. The molecule has 0 aliphatic heterocycles. The van der Waals surface area contributed by atoms with Crippen molar-refractivity contribution in [1.29, 1.82) is 5.41 Å². The van der Waals surface area contributed by atoms with Crippen molar-refractivity contribution in [3.8, 4) is 5.88 Å². The zero-order valence-corrected chi connectivity index (χ0v) is 17.2. The molecule has 6 N–H and O–H groups in total. The van der Waals surface area contributed by atoms with Crippen molar-refractivity contribution in [2.75, 3.05) is 0 Å². The van der Waals surface area contributed by atoms with Gasteiger partial charge in [-0.15, -0.1) is 0 Å². The lowest BCUT2D eigenvalue weighted by Crippen LogP contribution is -2.54. The first-order valence-corrected chi connectivity index (χ1v) is 10.3. The van der Waals surface area contributed by atoms with Gasteiger partial charge in [-0.1, -0.05) is 20.3 Å². The predicted molar refractivity (Wildman–Crippen MR) is 109 cm³/mol. The maximum atomic E-state index is 13.0. The van der Waals surface area contributed by atoms with Gasteiger partial charge >= 0.3 is 5.69 Å². The van der Waals surface area contributed by atoms with Gasteiger partial charge in [0.1, 0.15) is 11.4 Å². The van der Waals surface area contributed by atoms with Gasteiger partial charge in [0.15, 0.2) is 0 Å². The minimum atomic E-state index is -0.704. The summed E-state index contributed by atoms with van der Waals surface area (Å²) in [5.41, 5.74) is 9.07. The number of nitrogen functional groups attached to an aromatic ring is 1. The second-order valence-electron chi connectivity index (χ2n) is 9.08. The van der Waals surface area contributed by atoms with Crippen LogP contribution in [0.25, 0.3) is 0 Å². The Hall–Kier alpha value is -2.58. The first kappa shape index (κ1) is 21.1. The summed E-state index contributed by atoms with van der Waals surface area (Å²) in [5, 5.41) is 18.1. The van der Waals surface area contributed by atoms with E-state index in [1.807, 2.05) is 13.8 Å². The fraction of sp³-hybridized carbons (Fsp3) is 0.700. The fourth-order valence-electron chi connectivity index (χ4n) is 5.34. The van der Waals surface area contributed by atoms with E-state index in [0.717, 1.165) is 36.7 Å². The number of nitrogens with two attached hydrogens (primary N) is 2. The van der Waals surface area contributed by atoms with E-state index < -0.39 is 28.4 Å². The first-order chi connectivity index (χ1) is 13.5. The third kappa shape index (κ3) is 3.47. The number of nitrogens with one attached hydrogen (secondary N) is 1. The van der Waals surface area contributed by atoms with Gasteiger partial charge in [-0.05, 0) is 50.4 Å². The molecule has 0 aromatic carbocycles. The molecule has 9 heteroatoms. The lowest BCUT2D eigenvalue weighted by atomic mass is 9.48. The topological polar surface area (TPSA) is 157 Å². The van der Waals surface area contributed by atoms with Gasteiger partial charge < -0.3 is 16.6 Å². The molecule has 2 aliphatic carbocycles. The number of aromatic hydroxyl groups is 1. The standard InChI is InChI=1S/C20H31N5O4/c1-3-4-9-24-15(26)13(14(21)22)16(27)25(18(24)29)12-5-7-20(8-6-12)10-19(2,11-20)17(23)28/h12,26H,3-11H2,1-2H3,(H3,21,22)(H2,23,28). The normalized spacial score (nSPS) is 28.8. The van der Waals surface area contributed by atoms with E-state index >= 15 is 0 Å². The SMILES string of the molecule is CCCCn1c(O)c(C(=N)N)c(=O)n(C2CCC3(CC2)CC(C)(C(N)=O)C3)c1=O. The molecule has 0 bridgehead atoms. The molecule has 1 spiro atoms. The Morgan fingerprint density at radius 1 is 1.24 bits per heavy atom. The summed E-state index contributed by atoms with van der Waals surface area (Å²) in [6.45, 7) is 4.11. The summed E-state index contributed by atoms with van der Waals surface area (Å²) in [7, 11) is 0. The minimum Gasteiger partial charge on any atom is -0.494 e. The third-order valence-corrected chi connectivity index (χ3v) is 6.86. The Morgan fingerprint density at radius 2 is 1.83 bits per heavy atom. The molecule has 2 fully saturated rings. The van der Waals surface area contributed by atoms with Crippen LogP contribution >= 0.6 is 0 Å². The zero-order valence-electron chi connectivity index (χ0n) is 17.2. The van der Waals surface area contributed by atoms with Crippen LogP contribution in [0.5, 0.6) is 5.88 Å². The zero-order chi connectivity index (χ0) is 21.6. The molecule has 0 radical (unpaired) electrons. The minimum absolute atomic E-state index is 0.0471. The Labute approximate surface area is 169 Å². The number of primary amides is 1. The van der Waals surface area contributed by atoms with E-state index in [1.54, 1.807) is 0 Å². The fourth-order valence-corrected chi connectivity index (χ4v) is 5.34. The highest BCUT2D eigenvalue weighted by Crippen LogP contribution is 2.61. The lowest BCUT2D eigenvalue weighted by Gasteiger charge is -2.56. The number of amidine groups is 1. The van der Waals surface area contributed by atoms with Gasteiger partial charge in [-0.3, -0.25) is 24.1 Å². The molecular formula is C20H31N5O4. The molecule has 9 nitrogen and oxygen atoms in total. The van der Waals surface area contributed by atoms with E-state index in [4.69, 9.17) is 16.9 Å². The maximum absolute atomic E-state index is 13.0. The summed E-state index contributed by atoms with van der Waals surface area (Å²) in [4.78, 5) is 37.6. The molecular weight excluding hydrogens is 374 g/mol. The van der Waals surface area contributed by atoms with Gasteiger partial charge in [0, 0.05) is 18.0 Å². The van der Waals surface area contributed by atoms with Crippen molar-refractivity contribution >= 4 is 11.7 Å². The van der Waals surface area contributed by atoms with E-state index in [-0.39, 0.29) is 29.5 Å². The highest BCUT2D eigenvalue weighted by molar-refractivity contribution is 5.96. The largest absolute Gasteiger partial charge is 0.494 e. The number of rotatable bonds is 6. The summed E-state index contributed by atoms with van der Waals surface area (Å²) < 4.78 is 2.32. The molecule has 0 atom stereocenters. The van der Waals surface area contributed by atoms with Crippen LogP contribution in [0, 0.1) is 16.2 Å². The molecule has 1 aromatic rings. The summed E-state index contributed by atoms with van der Waals surface area (Å²) in [6, 6.07) is -0.312. The smallest absolute Gasteiger partial charge is 0.334 e. The molecule has 160 valence electrons. The Bertz CT molecular complexity index is 945. The summed E-state index contributed by atoms with van der Waals surface area (Å²) in [5.74, 6) is -1.35. The van der Waals surface area contributed by atoms with Crippen LogP contribution in [-0.4, -0.2) is 26.0 Å². The maximum Gasteiger partial charge on any atom is 0.334 e. The van der Waals surface area contributed by atoms with Crippen molar-refractivity contribution in [2.24, 2.45) is 22.3 Å². The first-order valence-electron chi connectivity index (χ1n) is 10.3. The van der Waals surface area contributed by atoms with Crippen molar-refractivity contribution in [2.45, 2.75) is 77.8 Å². The van der Waals surface area contributed by atoms with Crippen molar-refractivity contribution in [3.63, 3.8) is 0 Å². The lowest BCUT2D eigenvalue weighted by molar-refractivity contribution is -0.144. The molecule has 3 rings (SSSR count). The van der Waals surface area contributed by atoms with Crippen LogP contribution in [0.15, 0.2) is 9.59 Å². The van der Waals surface area contributed by atoms with Gasteiger partial charge in [-0.2, -0.15) is 0 Å². The second-order valence-corrected chi connectivity index (χ2v) is 9.08. The highest BCUT2D eigenvalue weighted by atomic mass is 16.3. The number of hydrogen-bond acceptors (Lipinski definition) is 5. The van der Waals surface area contributed by atoms with Crippen LogP contribution in [0.2, 0.25) is 0 Å². The number of hydrogen-bond donors (Lipinski definition) is 4. The van der Waals surface area contributed by atoms with Gasteiger partial charge in [-0.25, -0.2) is 4.79 Å². The third-order valence-electron chi connectivity index (χ3n) is 6.86. The molecule has 1 aromatic heterocycles.